The molecule has 60 valence electrons. The average Bonchev–Trinajstić information content (AvgIpc) is 2.50. The molecule has 2 unspecified atom stereocenters. The van der Waals surface area contributed by atoms with E-state index in [1.165, 1.54) is 5.57 Å². The number of hydrogen-bond donors (Lipinski definition) is 1. The zero-order chi connectivity index (χ0) is 8.28. The molecule has 0 aromatic rings. The molecule has 0 saturated carbocycles. The normalized spacial score (nSPS) is 47.6. The number of epoxide rings is 1. The van der Waals surface area contributed by atoms with Gasteiger partial charge in [0.2, 0.25) is 5.79 Å². The molecule has 11 heavy (non-hydrogen) atoms. The lowest BCUT2D eigenvalue weighted by atomic mass is 9.88. The minimum absolute atomic E-state index is 0.439. The van der Waals surface area contributed by atoms with Crippen molar-refractivity contribution in [1.82, 2.24) is 0 Å². The van der Waals surface area contributed by atoms with Crippen molar-refractivity contribution >= 4 is 0 Å². The molecule has 0 radical (unpaired) electrons. The van der Waals surface area contributed by atoms with Gasteiger partial charge in [0.15, 0.2) is 0 Å². The second-order valence-electron chi connectivity index (χ2n) is 3.47. The molecular weight excluding hydrogens is 140 g/mol. The van der Waals surface area contributed by atoms with Gasteiger partial charge < -0.3 is 9.84 Å². The van der Waals surface area contributed by atoms with Gasteiger partial charge in [0.05, 0.1) is 0 Å². The largest absolute Gasteiger partial charge is 0.360 e. The van der Waals surface area contributed by atoms with Gasteiger partial charge in [-0.25, -0.2) is 0 Å². The number of fused-ring (bicyclic) bond motifs is 1. The van der Waals surface area contributed by atoms with Gasteiger partial charge in [0.1, 0.15) is 5.60 Å². The van der Waals surface area contributed by atoms with Gasteiger partial charge in [0, 0.05) is 0 Å². The minimum atomic E-state index is -1.00. The summed E-state index contributed by atoms with van der Waals surface area (Å²) in [6.45, 7) is 5.94. The lowest BCUT2D eigenvalue weighted by Gasteiger charge is -2.15. The van der Waals surface area contributed by atoms with Crippen LogP contribution in [0.1, 0.15) is 20.8 Å². The monoisotopic (exact) mass is 152 g/mol. The Hall–Kier alpha value is -0.600. The van der Waals surface area contributed by atoms with Crippen LogP contribution in [0.2, 0.25) is 0 Å². The lowest BCUT2D eigenvalue weighted by Crippen LogP contribution is -2.24. The van der Waals surface area contributed by atoms with Gasteiger partial charge in [-0.15, -0.1) is 0 Å². The van der Waals surface area contributed by atoms with Crippen molar-refractivity contribution < 1.29 is 9.84 Å². The van der Waals surface area contributed by atoms with E-state index in [1.807, 2.05) is 26.8 Å². The molecule has 2 heteroatoms. The number of rotatable bonds is 0. The quantitative estimate of drug-likeness (QED) is 0.532. The van der Waals surface area contributed by atoms with Crippen LogP contribution in [0.5, 0.6) is 0 Å². The first kappa shape index (κ1) is 7.07. The zero-order valence-corrected chi connectivity index (χ0v) is 7.01. The number of hydrogen-bond acceptors (Lipinski definition) is 2. The number of ether oxygens (including phenoxy) is 1. The molecule has 2 aliphatic rings. The highest BCUT2D eigenvalue weighted by atomic mass is 16.7. The smallest absolute Gasteiger partial charge is 0.220 e. The summed E-state index contributed by atoms with van der Waals surface area (Å²) in [5.74, 6) is -1.00. The van der Waals surface area contributed by atoms with E-state index < -0.39 is 11.4 Å². The summed E-state index contributed by atoms with van der Waals surface area (Å²) < 4.78 is 5.25. The van der Waals surface area contributed by atoms with E-state index in [9.17, 15) is 5.11 Å². The molecule has 0 amide bonds. The first-order valence-electron chi connectivity index (χ1n) is 3.79. The minimum Gasteiger partial charge on any atom is -0.360 e. The molecule has 0 spiro atoms. The predicted octanol–water partition coefficient (Wildman–Crippen LogP) is 1.37. The molecule has 2 atom stereocenters. The maximum atomic E-state index is 9.65. The highest BCUT2D eigenvalue weighted by Crippen LogP contribution is 2.54. The Morgan fingerprint density at radius 2 is 2.09 bits per heavy atom. The molecule has 1 fully saturated rings. The molecule has 0 aromatic heterocycles. The van der Waals surface area contributed by atoms with E-state index in [-0.39, 0.29) is 0 Å². The van der Waals surface area contributed by atoms with Gasteiger partial charge in [-0.1, -0.05) is 6.08 Å². The summed E-state index contributed by atoms with van der Waals surface area (Å²) in [4.78, 5) is 0. The summed E-state index contributed by atoms with van der Waals surface area (Å²) in [7, 11) is 0. The first-order valence-corrected chi connectivity index (χ1v) is 3.79. The Kier molecular flexibility index (Phi) is 1.02. The topological polar surface area (TPSA) is 32.8 Å². The van der Waals surface area contributed by atoms with Crippen LogP contribution in [0, 0.1) is 0 Å². The Bertz CT molecular complexity index is 277. The van der Waals surface area contributed by atoms with Crippen molar-refractivity contribution in [3.63, 3.8) is 0 Å². The van der Waals surface area contributed by atoms with Gasteiger partial charge in [-0.05, 0) is 38.0 Å². The SMILES string of the molecule is CC1=C(C)C2(C)OC2(O)C=C1. The van der Waals surface area contributed by atoms with E-state index in [4.69, 9.17) is 4.74 Å². The Morgan fingerprint density at radius 1 is 1.45 bits per heavy atom. The lowest BCUT2D eigenvalue weighted by molar-refractivity contribution is 0.0825. The van der Waals surface area contributed by atoms with E-state index >= 15 is 0 Å². The average molecular weight is 152 g/mol. The fourth-order valence-electron chi connectivity index (χ4n) is 1.56. The fourth-order valence-corrected chi connectivity index (χ4v) is 1.56. The summed E-state index contributed by atoms with van der Waals surface area (Å²) in [5.41, 5.74) is 1.88. The van der Waals surface area contributed by atoms with Crippen LogP contribution in [-0.2, 0) is 4.74 Å². The van der Waals surface area contributed by atoms with Gasteiger partial charge in [-0.2, -0.15) is 0 Å². The maximum Gasteiger partial charge on any atom is 0.220 e. The highest BCUT2D eigenvalue weighted by Gasteiger charge is 2.67. The zero-order valence-electron chi connectivity index (χ0n) is 7.01. The maximum absolute atomic E-state index is 9.65. The van der Waals surface area contributed by atoms with Crippen LogP contribution in [0.25, 0.3) is 0 Å². The van der Waals surface area contributed by atoms with Crippen LogP contribution in [0.4, 0.5) is 0 Å². The van der Waals surface area contributed by atoms with E-state index in [1.54, 1.807) is 6.08 Å². The summed E-state index contributed by atoms with van der Waals surface area (Å²) >= 11 is 0. The van der Waals surface area contributed by atoms with Gasteiger partial charge in [0.25, 0.3) is 0 Å². The summed E-state index contributed by atoms with van der Waals surface area (Å²) in [6.07, 6.45) is 3.62. The third-order valence-corrected chi connectivity index (χ3v) is 2.87. The van der Waals surface area contributed by atoms with Gasteiger partial charge in [-0.3, -0.25) is 0 Å². The molecule has 0 aromatic carbocycles. The highest BCUT2D eigenvalue weighted by molar-refractivity contribution is 5.44. The van der Waals surface area contributed by atoms with Crippen LogP contribution in [0.3, 0.4) is 0 Å². The van der Waals surface area contributed by atoms with Crippen LogP contribution < -0.4 is 0 Å². The Balaban J connectivity index is 2.49. The van der Waals surface area contributed by atoms with E-state index in [2.05, 4.69) is 0 Å². The Labute approximate surface area is 66.2 Å². The second-order valence-corrected chi connectivity index (χ2v) is 3.47. The molecule has 1 aliphatic carbocycles. The molecular formula is C9H12O2. The molecule has 1 N–H and O–H groups in total. The van der Waals surface area contributed by atoms with Crippen molar-refractivity contribution in [2.75, 3.05) is 0 Å². The standard InChI is InChI=1S/C9H12O2/c1-6-4-5-9(10)8(3,11-9)7(6)2/h4-5,10H,1-3H3. The molecule has 1 saturated heterocycles. The van der Waals surface area contributed by atoms with Crippen LogP contribution in [0.15, 0.2) is 23.3 Å². The third-order valence-electron chi connectivity index (χ3n) is 2.87. The van der Waals surface area contributed by atoms with Crippen molar-refractivity contribution in [3.05, 3.63) is 23.3 Å². The predicted molar refractivity (Wildman–Crippen MR) is 42.0 cm³/mol. The Morgan fingerprint density at radius 3 is 2.64 bits per heavy atom. The molecule has 2 nitrogen and oxygen atoms in total. The second kappa shape index (κ2) is 1.59. The van der Waals surface area contributed by atoms with E-state index in [0.717, 1.165) is 5.57 Å². The summed E-state index contributed by atoms with van der Waals surface area (Å²) in [5, 5.41) is 9.65. The van der Waals surface area contributed by atoms with Gasteiger partial charge >= 0.3 is 0 Å². The van der Waals surface area contributed by atoms with Crippen molar-refractivity contribution in [2.24, 2.45) is 0 Å². The molecule has 1 heterocycles. The van der Waals surface area contributed by atoms with Crippen LogP contribution >= 0.6 is 0 Å². The summed E-state index contributed by atoms with van der Waals surface area (Å²) in [6, 6.07) is 0. The third kappa shape index (κ3) is 0.638. The van der Waals surface area contributed by atoms with Crippen molar-refractivity contribution in [2.45, 2.75) is 32.2 Å². The van der Waals surface area contributed by atoms with E-state index in [0.29, 0.717) is 0 Å². The molecule has 2 rings (SSSR count). The first-order chi connectivity index (χ1) is 5.00. The molecule has 0 bridgehead atoms. The van der Waals surface area contributed by atoms with Crippen molar-refractivity contribution in [1.29, 1.82) is 0 Å². The van der Waals surface area contributed by atoms with Crippen molar-refractivity contribution in [3.8, 4) is 0 Å². The molecule has 1 aliphatic heterocycles. The van der Waals surface area contributed by atoms with Crippen LogP contribution in [-0.4, -0.2) is 16.5 Å². The number of allylic oxidation sites excluding steroid dienone is 2. The fraction of sp³-hybridized carbons (Fsp3) is 0.556. The number of aliphatic hydroxyl groups is 1.